The summed E-state index contributed by atoms with van der Waals surface area (Å²) in [7, 11) is 0. The summed E-state index contributed by atoms with van der Waals surface area (Å²) < 4.78 is 0. The molecule has 0 amide bonds. The van der Waals surface area contributed by atoms with Crippen molar-refractivity contribution in [2.24, 2.45) is 0 Å². The Morgan fingerprint density at radius 2 is 0.806 bits per heavy atom. The van der Waals surface area contributed by atoms with Crippen molar-refractivity contribution in [3.8, 4) is 33.4 Å². The molecule has 0 fully saturated rings. The molecule has 0 heterocycles. The molecule has 0 N–H and O–H groups in total. The van der Waals surface area contributed by atoms with E-state index >= 15 is 0 Å². The van der Waals surface area contributed by atoms with E-state index in [1.165, 1.54) is 50.1 Å². The van der Waals surface area contributed by atoms with Gasteiger partial charge in [0.15, 0.2) is 0 Å². The van der Waals surface area contributed by atoms with E-state index in [1.54, 1.807) is 0 Å². The summed E-state index contributed by atoms with van der Waals surface area (Å²) in [5, 5.41) is 0. The number of hydrogen-bond donors (Lipinski definition) is 0. The third kappa shape index (κ3) is 2.89. The minimum absolute atomic E-state index is 0.0764. The third-order valence-corrected chi connectivity index (χ3v) is 7.74. The van der Waals surface area contributed by atoms with Gasteiger partial charge in [-0.1, -0.05) is 124 Å². The predicted molar refractivity (Wildman–Crippen MR) is 134 cm³/mol. The maximum Gasteiger partial charge on any atom is -0.000568 e. The number of hydrogen-bond acceptors (Lipinski definition) is 0. The standard InChI is InChI=1S/C31H30/c1-21-18-19-29-27(20-21)25-15-9-7-13-23(25)22-12-6-8-14-24(22)26-16-10-11-17-28(26)30(2,3)31(29,4)5/h6-20H,1-5H3. The number of fused-ring (bicyclic) bond motifs is 7. The summed E-state index contributed by atoms with van der Waals surface area (Å²) >= 11 is 0. The van der Waals surface area contributed by atoms with Gasteiger partial charge in [0, 0.05) is 0 Å². The first-order valence-electron chi connectivity index (χ1n) is 11.2. The van der Waals surface area contributed by atoms with E-state index < -0.39 is 0 Å². The van der Waals surface area contributed by atoms with Crippen molar-refractivity contribution >= 4 is 0 Å². The molecule has 4 aromatic rings. The van der Waals surface area contributed by atoms with Crippen LogP contribution in [0.1, 0.15) is 44.4 Å². The first kappa shape index (κ1) is 19.8. The monoisotopic (exact) mass is 402 g/mol. The number of aryl methyl sites for hydroxylation is 1. The van der Waals surface area contributed by atoms with E-state index in [2.05, 4.69) is 126 Å². The molecule has 0 saturated carbocycles. The maximum atomic E-state index is 2.41. The zero-order chi connectivity index (χ0) is 21.8. The molecule has 1 aliphatic carbocycles. The minimum atomic E-state index is -0.0778. The Morgan fingerprint density at radius 3 is 1.35 bits per heavy atom. The Labute approximate surface area is 186 Å². The van der Waals surface area contributed by atoms with Crippen LogP contribution in [-0.4, -0.2) is 0 Å². The lowest BCUT2D eigenvalue weighted by Gasteiger charge is -2.45. The second kappa shape index (κ2) is 6.95. The molecule has 0 aliphatic heterocycles. The average Bonchev–Trinajstić information content (AvgIpc) is 2.78. The van der Waals surface area contributed by atoms with Crippen molar-refractivity contribution in [3.05, 3.63) is 108 Å². The molecule has 0 radical (unpaired) electrons. The van der Waals surface area contributed by atoms with Gasteiger partial charge in [-0.15, -0.1) is 0 Å². The van der Waals surface area contributed by atoms with Crippen LogP contribution in [0.15, 0.2) is 91.0 Å². The van der Waals surface area contributed by atoms with Gasteiger partial charge in [-0.3, -0.25) is 0 Å². The highest BCUT2D eigenvalue weighted by Gasteiger charge is 2.43. The molecule has 0 heteroatoms. The zero-order valence-electron chi connectivity index (χ0n) is 19.2. The summed E-state index contributed by atoms with van der Waals surface area (Å²) in [5.74, 6) is 0. The van der Waals surface area contributed by atoms with Crippen LogP contribution in [0, 0.1) is 6.92 Å². The number of benzene rings is 4. The predicted octanol–water partition coefficient (Wildman–Crippen LogP) is 8.56. The van der Waals surface area contributed by atoms with Crippen molar-refractivity contribution in [3.63, 3.8) is 0 Å². The molecule has 0 saturated heterocycles. The lowest BCUT2D eigenvalue weighted by atomic mass is 9.58. The highest BCUT2D eigenvalue weighted by Crippen LogP contribution is 2.52. The molecule has 0 atom stereocenters. The van der Waals surface area contributed by atoms with Gasteiger partial charge in [-0.25, -0.2) is 0 Å². The van der Waals surface area contributed by atoms with Gasteiger partial charge in [-0.05, 0) is 62.3 Å². The first-order valence-corrected chi connectivity index (χ1v) is 11.2. The maximum absolute atomic E-state index is 2.41. The van der Waals surface area contributed by atoms with E-state index in [1.807, 2.05) is 0 Å². The Bertz CT molecular complexity index is 1290. The van der Waals surface area contributed by atoms with Gasteiger partial charge < -0.3 is 0 Å². The number of rotatable bonds is 0. The third-order valence-electron chi connectivity index (χ3n) is 7.74. The van der Waals surface area contributed by atoms with Crippen LogP contribution in [-0.2, 0) is 10.8 Å². The SMILES string of the molecule is Cc1ccc2c(c1)-c1ccccc1-c1ccccc1-c1ccccc1C(C)(C)C2(C)C. The van der Waals surface area contributed by atoms with Gasteiger partial charge in [0.25, 0.3) is 0 Å². The molecule has 0 nitrogen and oxygen atoms in total. The minimum Gasteiger partial charge on any atom is -0.0619 e. The molecule has 0 spiro atoms. The van der Waals surface area contributed by atoms with Crippen molar-refractivity contribution in [1.29, 1.82) is 0 Å². The molecule has 154 valence electrons. The van der Waals surface area contributed by atoms with Crippen LogP contribution in [0.2, 0.25) is 0 Å². The highest BCUT2D eigenvalue weighted by atomic mass is 14.5. The second-order valence-electron chi connectivity index (χ2n) is 9.94. The Morgan fingerprint density at radius 1 is 0.419 bits per heavy atom. The van der Waals surface area contributed by atoms with Crippen molar-refractivity contribution < 1.29 is 0 Å². The molecule has 5 rings (SSSR count). The fraction of sp³-hybridized carbons (Fsp3) is 0.226. The quantitative estimate of drug-likeness (QED) is 0.276. The molecule has 0 aromatic heterocycles. The van der Waals surface area contributed by atoms with Gasteiger partial charge >= 0.3 is 0 Å². The molecule has 1 aliphatic rings. The summed E-state index contributed by atoms with van der Waals surface area (Å²) in [5.41, 5.74) is 11.9. The van der Waals surface area contributed by atoms with E-state index in [0.717, 1.165) is 0 Å². The fourth-order valence-electron chi connectivity index (χ4n) is 5.27. The van der Waals surface area contributed by atoms with Gasteiger partial charge in [0.05, 0.1) is 0 Å². The smallest absolute Gasteiger partial charge is 0.000568 e. The van der Waals surface area contributed by atoms with E-state index in [4.69, 9.17) is 0 Å². The zero-order valence-corrected chi connectivity index (χ0v) is 19.2. The van der Waals surface area contributed by atoms with Crippen LogP contribution < -0.4 is 0 Å². The molecule has 0 bridgehead atoms. The van der Waals surface area contributed by atoms with E-state index in [0.29, 0.717) is 0 Å². The van der Waals surface area contributed by atoms with Gasteiger partial charge in [0.2, 0.25) is 0 Å². The van der Waals surface area contributed by atoms with Crippen LogP contribution in [0.4, 0.5) is 0 Å². The first-order chi connectivity index (χ1) is 14.8. The Hall–Kier alpha value is -3.12. The van der Waals surface area contributed by atoms with Gasteiger partial charge in [-0.2, -0.15) is 0 Å². The van der Waals surface area contributed by atoms with E-state index in [9.17, 15) is 0 Å². The Balaban J connectivity index is 2.01. The molecule has 4 aromatic carbocycles. The summed E-state index contributed by atoms with van der Waals surface area (Å²) in [6, 6.07) is 33.8. The normalized spacial score (nSPS) is 15.8. The van der Waals surface area contributed by atoms with Crippen LogP contribution >= 0.6 is 0 Å². The highest BCUT2D eigenvalue weighted by molar-refractivity contribution is 5.94. The van der Waals surface area contributed by atoms with Gasteiger partial charge in [0.1, 0.15) is 0 Å². The van der Waals surface area contributed by atoms with Crippen LogP contribution in [0.3, 0.4) is 0 Å². The molecular weight excluding hydrogens is 372 g/mol. The van der Waals surface area contributed by atoms with Crippen molar-refractivity contribution in [2.45, 2.75) is 45.4 Å². The van der Waals surface area contributed by atoms with E-state index in [-0.39, 0.29) is 10.8 Å². The van der Waals surface area contributed by atoms with Crippen molar-refractivity contribution in [2.75, 3.05) is 0 Å². The van der Waals surface area contributed by atoms with Crippen LogP contribution in [0.25, 0.3) is 33.4 Å². The lowest BCUT2D eigenvalue weighted by Crippen LogP contribution is -2.41. The second-order valence-corrected chi connectivity index (χ2v) is 9.94. The summed E-state index contributed by atoms with van der Waals surface area (Å²) in [6.07, 6.45) is 0. The molecular formula is C31H30. The lowest BCUT2D eigenvalue weighted by molar-refractivity contribution is 0.304. The van der Waals surface area contributed by atoms with Crippen molar-refractivity contribution in [1.82, 2.24) is 0 Å². The fourth-order valence-corrected chi connectivity index (χ4v) is 5.27. The Kier molecular flexibility index (Phi) is 4.45. The summed E-state index contributed by atoms with van der Waals surface area (Å²) in [6.45, 7) is 11.8. The van der Waals surface area contributed by atoms with Crippen LogP contribution in [0.5, 0.6) is 0 Å². The summed E-state index contributed by atoms with van der Waals surface area (Å²) in [4.78, 5) is 0. The topological polar surface area (TPSA) is 0 Å². The molecule has 31 heavy (non-hydrogen) atoms. The molecule has 0 unspecified atom stereocenters. The largest absolute Gasteiger partial charge is 0.0619 e. The average molecular weight is 403 g/mol.